The number of methoxy groups -OCH3 is 1. The molecule has 128 valence electrons. The number of hydrogen-bond acceptors (Lipinski definition) is 4. The van der Waals surface area contributed by atoms with E-state index in [2.05, 4.69) is 15.3 Å². The Balaban J connectivity index is 2.09. The number of rotatable bonds is 4. The van der Waals surface area contributed by atoms with Crippen molar-refractivity contribution in [3.63, 3.8) is 0 Å². The number of hydrogen-bond donors (Lipinski definition) is 1. The lowest BCUT2D eigenvalue weighted by Crippen LogP contribution is -2.17. The molecule has 0 spiro atoms. The van der Waals surface area contributed by atoms with Crippen LogP contribution in [0.3, 0.4) is 0 Å². The van der Waals surface area contributed by atoms with Gasteiger partial charge in [-0.25, -0.2) is 0 Å². The van der Waals surface area contributed by atoms with E-state index >= 15 is 0 Å². The molecule has 24 heavy (non-hydrogen) atoms. The first-order chi connectivity index (χ1) is 11.2. The number of ether oxygens (including phenoxy) is 1. The van der Waals surface area contributed by atoms with E-state index in [1.165, 1.54) is 19.2 Å². The number of anilines is 1. The summed E-state index contributed by atoms with van der Waals surface area (Å²) in [4.78, 5) is 20.3. The Morgan fingerprint density at radius 3 is 2.12 bits per heavy atom. The van der Waals surface area contributed by atoms with E-state index in [4.69, 9.17) is 4.74 Å². The number of carbonyl (C=O) groups is 1. The zero-order valence-corrected chi connectivity index (χ0v) is 13.4. The van der Waals surface area contributed by atoms with E-state index in [1.807, 2.05) is 0 Å². The minimum Gasteiger partial charge on any atom is -0.467 e. The van der Waals surface area contributed by atoms with Gasteiger partial charge in [-0.3, -0.25) is 4.79 Å². The van der Waals surface area contributed by atoms with Gasteiger partial charge in [-0.15, -0.1) is 0 Å². The van der Waals surface area contributed by atoms with E-state index in [-0.39, 0.29) is 18.3 Å². The molecule has 0 aliphatic heterocycles. The van der Waals surface area contributed by atoms with Crippen LogP contribution in [-0.4, -0.2) is 23.0 Å². The Labute approximate surface area is 136 Å². The van der Waals surface area contributed by atoms with Crippen molar-refractivity contribution in [3.8, 4) is 6.01 Å². The molecule has 2 rings (SSSR count). The molecule has 8 heteroatoms. The van der Waals surface area contributed by atoms with Crippen molar-refractivity contribution in [1.29, 1.82) is 0 Å². The van der Waals surface area contributed by atoms with Crippen LogP contribution in [0.4, 0.5) is 18.9 Å². The summed E-state index contributed by atoms with van der Waals surface area (Å²) < 4.78 is 42.5. The van der Waals surface area contributed by atoms with Crippen molar-refractivity contribution < 1.29 is 22.7 Å². The third kappa shape index (κ3) is 4.21. The Morgan fingerprint density at radius 2 is 1.67 bits per heavy atom. The fourth-order valence-corrected chi connectivity index (χ4v) is 2.14. The normalized spacial score (nSPS) is 11.2. The zero-order valence-electron chi connectivity index (χ0n) is 13.4. The highest BCUT2D eigenvalue weighted by Gasteiger charge is 2.30. The van der Waals surface area contributed by atoms with Gasteiger partial charge >= 0.3 is 12.2 Å². The van der Waals surface area contributed by atoms with Gasteiger partial charge in [0.25, 0.3) is 0 Å². The van der Waals surface area contributed by atoms with Gasteiger partial charge in [-0.2, -0.15) is 23.1 Å². The summed E-state index contributed by atoms with van der Waals surface area (Å²) in [6.45, 7) is 3.40. The first-order valence-corrected chi connectivity index (χ1v) is 7.06. The summed E-state index contributed by atoms with van der Waals surface area (Å²) in [6.07, 6.45) is -4.45. The lowest BCUT2D eigenvalue weighted by Gasteiger charge is -2.12. The topological polar surface area (TPSA) is 64.1 Å². The molecule has 0 fully saturated rings. The highest BCUT2D eigenvalue weighted by Crippen LogP contribution is 2.29. The van der Waals surface area contributed by atoms with Crippen molar-refractivity contribution >= 4 is 11.6 Å². The van der Waals surface area contributed by atoms with Crippen LogP contribution in [0, 0.1) is 13.8 Å². The van der Waals surface area contributed by atoms with Gasteiger partial charge in [0, 0.05) is 0 Å². The van der Waals surface area contributed by atoms with Crippen LogP contribution >= 0.6 is 0 Å². The summed E-state index contributed by atoms with van der Waals surface area (Å²) in [5, 5.41) is 2.68. The third-order valence-corrected chi connectivity index (χ3v) is 3.34. The Bertz CT molecular complexity index is 720. The Hall–Kier alpha value is -2.64. The average molecular weight is 339 g/mol. The lowest BCUT2D eigenvalue weighted by atomic mass is 10.1. The number of carbonyl (C=O) groups excluding carboxylic acids is 1. The third-order valence-electron chi connectivity index (χ3n) is 3.34. The summed E-state index contributed by atoms with van der Waals surface area (Å²) >= 11 is 0. The molecule has 0 aliphatic rings. The number of alkyl halides is 3. The van der Waals surface area contributed by atoms with E-state index in [9.17, 15) is 18.0 Å². The van der Waals surface area contributed by atoms with Crippen LogP contribution in [0.15, 0.2) is 24.3 Å². The quantitative estimate of drug-likeness (QED) is 0.928. The maximum Gasteiger partial charge on any atom is 0.416 e. The van der Waals surface area contributed by atoms with Crippen LogP contribution < -0.4 is 10.1 Å². The molecule has 0 bridgehead atoms. The van der Waals surface area contributed by atoms with Crippen molar-refractivity contribution in [2.75, 3.05) is 12.4 Å². The molecular weight excluding hydrogens is 323 g/mol. The molecule has 0 atom stereocenters. The minimum absolute atomic E-state index is 0.0525. The molecule has 5 nitrogen and oxygen atoms in total. The van der Waals surface area contributed by atoms with Crippen molar-refractivity contribution in [1.82, 2.24) is 9.97 Å². The Kier molecular flexibility index (Phi) is 5.06. The molecule has 0 saturated heterocycles. The van der Waals surface area contributed by atoms with Gasteiger partial charge in [0.2, 0.25) is 5.91 Å². The van der Waals surface area contributed by atoms with Crippen molar-refractivity contribution in [2.24, 2.45) is 0 Å². The van der Waals surface area contributed by atoms with Gasteiger partial charge < -0.3 is 10.1 Å². The second-order valence-electron chi connectivity index (χ2n) is 5.18. The summed E-state index contributed by atoms with van der Waals surface area (Å²) in [5.41, 5.74) is 1.28. The van der Waals surface area contributed by atoms with Crippen LogP contribution in [-0.2, 0) is 17.4 Å². The van der Waals surface area contributed by atoms with Gasteiger partial charge in [0.1, 0.15) is 0 Å². The van der Waals surface area contributed by atoms with Crippen molar-refractivity contribution in [2.45, 2.75) is 26.4 Å². The summed E-state index contributed by atoms with van der Waals surface area (Å²) in [7, 11) is 1.44. The van der Waals surface area contributed by atoms with E-state index in [0.29, 0.717) is 22.6 Å². The van der Waals surface area contributed by atoms with Crippen molar-refractivity contribution in [3.05, 3.63) is 46.8 Å². The molecule has 1 aromatic carbocycles. The molecule has 1 N–H and O–H groups in total. The molecule has 0 aliphatic carbocycles. The largest absolute Gasteiger partial charge is 0.467 e. The van der Waals surface area contributed by atoms with Crippen LogP contribution in [0.25, 0.3) is 0 Å². The molecule has 2 aromatic rings. The van der Waals surface area contributed by atoms with Gasteiger partial charge in [0.15, 0.2) is 0 Å². The number of aromatic nitrogens is 2. The predicted molar refractivity (Wildman–Crippen MR) is 81.8 cm³/mol. The molecule has 1 amide bonds. The van der Waals surface area contributed by atoms with Crippen LogP contribution in [0.1, 0.15) is 22.5 Å². The van der Waals surface area contributed by atoms with Gasteiger partial charge in [0.05, 0.1) is 36.2 Å². The molecule has 1 aromatic heterocycles. The number of nitrogens with one attached hydrogen (secondary N) is 1. The number of aryl methyl sites for hydroxylation is 2. The second-order valence-corrected chi connectivity index (χ2v) is 5.18. The van der Waals surface area contributed by atoms with E-state index in [1.54, 1.807) is 13.8 Å². The number of nitrogens with zero attached hydrogens (tertiary/aromatic N) is 2. The highest BCUT2D eigenvalue weighted by molar-refractivity contribution is 5.93. The summed E-state index contributed by atoms with van der Waals surface area (Å²) in [6, 6.07) is 4.68. The fourth-order valence-electron chi connectivity index (χ4n) is 2.14. The highest BCUT2D eigenvalue weighted by atomic mass is 19.4. The Morgan fingerprint density at radius 1 is 1.12 bits per heavy atom. The number of halogens is 3. The average Bonchev–Trinajstić information content (AvgIpc) is 2.50. The lowest BCUT2D eigenvalue weighted by molar-refractivity contribution is -0.137. The fraction of sp³-hybridized carbons (Fsp3) is 0.312. The molecular formula is C16H16F3N3O2. The second kappa shape index (κ2) is 6.86. The predicted octanol–water partition coefficient (Wildman–Crippen LogP) is 3.30. The van der Waals surface area contributed by atoms with Gasteiger partial charge in [-0.1, -0.05) is 12.1 Å². The number of benzene rings is 1. The first kappa shape index (κ1) is 17.7. The smallest absolute Gasteiger partial charge is 0.416 e. The van der Waals surface area contributed by atoms with Crippen LogP contribution in [0.5, 0.6) is 6.01 Å². The monoisotopic (exact) mass is 339 g/mol. The standard InChI is InChI=1S/C16H16F3N3O2/c1-9-14(10(2)21-15(20-9)24-3)22-13(23)8-11-4-6-12(7-5-11)16(17,18)19/h4-7H,8H2,1-3H3,(H,22,23). The van der Waals surface area contributed by atoms with E-state index < -0.39 is 11.7 Å². The molecule has 0 radical (unpaired) electrons. The minimum atomic E-state index is -4.39. The summed E-state index contributed by atoms with van der Waals surface area (Å²) in [5.74, 6) is -0.366. The first-order valence-electron chi connectivity index (χ1n) is 7.06. The SMILES string of the molecule is COc1nc(C)c(NC(=O)Cc2ccc(C(F)(F)F)cc2)c(C)n1. The molecule has 1 heterocycles. The van der Waals surface area contributed by atoms with Gasteiger partial charge in [-0.05, 0) is 31.5 Å². The maximum absolute atomic E-state index is 12.5. The molecule has 0 saturated carbocycles. The number of amides is 1. The van der Waals surface area contributed by atoms with Crippen LogP contribution in [0.2, 0.25) is 0 Å². The maximum atomic E-state index is 12.5. The van der Waals surface area contributed by atoms with E-state index in [0.717, 1.165) is 12.1 Å². The zero-order chi connectivity index (χ0) is 17.9. The molecule has 0 unspecified atom stereocenters.